The quantitative estimate of drug-likeness (QED) is 0.221. The van der Waals surface area contributed by atoms with Crippen molar-refractivity contribution in [3.05, 3.63) is 132 Å². The predicted molar refractivity (Wildman–Crippen MR) is 134 cm³/mol. The van der Waals surface area contributed by atoms with Gasteiger partial charge in [0.15, 0.2) is 0 Å². The van der Waals surface area contributed by atoms with Gasteiger partial charge >= 0.3 is 12.1 Å². The lowest BCUT2D eigenvalue weighted by Gasteiger charge is -2.37. The molecule has 7 heteroatoms. The fourth-order valence-corrected chi connectivity index (χ4v) is 4.23. The number of aryl methyl sites for hydroxylation is 1. The molecule has 4 nitrogen and oxygen atoms in total. The summed E-state index contributed by atoms with van der Waals surface area (Å²) in [6.45, 7) is -0.0837. The number of nitrogens with one attached hydrogen (secondary N) is 2. The SMILES string of the molecule is O=C(NCCCc1cccc(NC(c2ccccc2)(c2ccccc2)c2ccccc2)n1)C(F)(F)F. The fraction of sp³-hybridized carbons (Fsp3) is 0.172. The zero-order chi connectivity index (χ0) is 25.4. The lowest BCUT2D eigenvalue weighted by Crippen LogP contribution is -2.38. The van der Waals surface area contributed by atoms with Crippen molar-refractivity contribution in [2.45, 2.75) is 24.6 Å². The molecule has 1 amide bonds. The summed E-state index contributed by atoms with van der Waals surface area (Å²) in [7, 11) is 0. The molecule has 1 aromatic heterocycles. The van der Waals surface area contributed by atoms with Crippen molar-refractivity contribution in [3.63, 3.8) is 0 Å². The topological polar surface area (TPSA) is 54.0 Å². The van der Waals surface area contributed by atoms with Gasteiger partial charge in [0.05, 0.1) is 0 Å². The molecule has 3 aromatic carbocycles. The van der Waals surface area contributed by atoms with Gasteiger partial charge in [-0.25, -0.2) is 4.98 Å². The number of hydrogen-bond acceptors (Lipinski definition) is 3. The first kappa shape index (κ1) is 25.0. The van der Waals surface area contributed by atoms with Crippen LogP contribution < -0.4 is 10.6 Å². The Labute approximate surface area is 208 Å². The van der Waals surface area contributed by atoms with Gasteiger partial charge in [-0.3, -0.25) is 4.79 Å². The second-order valence-electron chi connectivity index (χ2n) is 8.34. The predicted octanol–water partition coefficient (Wildman–Crippen LogP) is 6.10. The van der Waals surface area contributed by atoms with Crippen LogP contribution in [0.1, 0.15) is 28.8 Å². The molecule has 184 valence electrons. The number of anilines is 1. The van der Waals surface area contributed by atoms with Crippen molar-refractivity contribution in [1.82, 2.24) is 10.3 Å². The van der Waals surface area contributed by atoms with Gasteiger partial charge in [-0.05, 0) is 41.7 Å². The first-order valence-corrected chi connectivity index (χ1v) is 11.7. The summed E-state index contributed by atoms with van der Waals surface area (Å²) in [4.78, 5) is 15.8. The largest absolute Gasteiger partial charge is 0.471 e. The maximum Gasteiger partial charge on any atom is 0.471 e. The average molecular weight is 490 g/mol. The van der Waals surface area contributed by atoms with Gasteiger partial charge in [0.1, 0.15) is 11.4 Å². The van der Waals surface area contributed by atoms with E-state index in [2.05, 4.69) is 41.7 Å². The van der Waals surface area contributed by atoms with E-state index in [0.29, 0.717) is 24.4 Å². The van der Waals surface area contributed by atoms with Gasteiger partial charge in [-0.1, -0.05) is 97.1 Å². The Kier molecular flexibility index (Phi) is 7.68. The van der Waals surface area contributed by atoms with Crippen molar-refractivity contribution in [2.24, 2.45) is 0 Å². The van der Waals surface area contributed by atoms with Crippen LogP contribution in [-0.4, -0.2) is 23.6 Å². The van der Waals surface area contributed by atoms with E-state index in [-0.39, 0.29) is 6.54 Å². The van der Waals surface area contributed by atoms with Crippen LogP contribution in [0.15, 0.2) is 109 Å². The molecule has 0 bridgehead atoms. The standard InChI is InChI=1S/C29H26F3N3O/c30-29(31,32)27(36)33-21-11-19-25-18-10-20-26(34-25)35-28(22-12-4-1-5-13-22,23-14-6-2-7-15-23)24-16-8-3-9-17-24/h1-10,12-18,20H,11,19,21H2,(H,33,36)(H,34,35). The lowest BCUT2D eigenvalue weighted by atomic mass is 9.77. The second kappa shape index (κ2) is 11.1. The summed E-state index contributed by atoms with van der Waals surface area (Å²) >= 11 is 0. The van der Waals surface area contributed by atoms with E-state index in [9.17, 15) is 18.0 Å². The van der Waals surface area contributed by atoms with Crippen molar-refractivity contribution in [2.75, 3.05) is 11.9 Å². The van der Waals surface area contributed by atoms with Crippen LogP contribution in [0.2, 0.25) is 0 Å². The van der Waals surface area contributed by atoms with Crippen LogP contribution in [0.25, 0.3) is 0 Å². The number of nitrogens with zero attached hydrogens (tertiary/aromatic N) is 1. The van der Waals surface area contributed by atoms with E-state index < -0.39 is 17.6 Å². The van der Waals surface area contributed by atoms with Crippen LogP contribution in [0.4, 0.5) is 19.0 Å². The van der Waals surface area contributed by atoms with Crippen LogP contribution in [0.3, 0.4) is 0 Å². The molecular weight excluding hydrogens is 463 g/mol. The van der Waals surface area contributed by atoms with E-state index in [1.807, 2.05) is 78.1 Å². The number of amides is 1. The number of pyridine rings is 1. The highest BCUT2D eigenvalue weighted by molar-refractivity contribution is 5.81. The molecule has 0 aliphatic carbocycles. The van der Waals surface area contributed by atoms with Gasteiger partial charge in [0.2, 0.25) is 0 Å². The summed E-state index contributed by atoms with van der Waals surface area (Å²) in [5, 5.41) is 5.58. The zero-order valence-electron chi connectivity index (χ0n) is 19.5. The summed E-state index contributed by atoms with van der Waals surface area (Å²) in [5.74, 6) is -1.30. The number of carbonyl (C=O) groups excluding carboxylic acids is 1. The maximum atomic E-state index is 12.4. The first-order valence-electron chi connectivity index (χ1n) is 11.7. The molecule has 0 atom stereocenters. The van der Waals surface area contributed by atoms with Crippen LogP contribution in [0.5, 0.6) is 0 Å². The molecule has 0 aliphatic rings. The Morgan fingerprint density at radius 1 is 0.694 bits per heavy atom. The molecule has 0 saturated heterocycles. The molecule has 0 aliphatic heterocycles. The third-order valence-corrected chi connectivity index (χ3v) is 5.90. The number of aromatic nitrogens is 1. The van der Waals surface area contributed by atoms with Crippen LogP contribution >= 0.6 is 0 Å². The number of halogens is 3. The second-order valence-corrected chi connectivity index (χ2v) is 8.34. The van der Waals surface area contributed by atoms with Gasteiger partial charge in [0.25, 0.3) is 0 Å². The molecule has 0 unspecified atom stereocenters. The number of carbonyl (C=O) groups is 1. The molecule has 0 saturated carbocycles. The van der Waals surface area contributed by atoms with Crippen molar-refractivity contribution >= 4 is 11.7 Å². The van der Waals surface area contributed by atoms with Gasteiger partial charge < -0.3 is 10.6 Å². The lowest BCUT2D eigenvalue weighted by molar-refractivity contribution is -0.173. The Morgan fingerprint density at radius 3 is 1.67 bits per heavy atom. The minimum atomic E-state index is -4.88. The fourth-order valence-electron chi connectivity index (χ4n) is 4.23. The Hall–Kier alpha value is -4.13. The van der Waals surface area contributed by atoms with Crippen molar-refractivity contribution in [1.29, 1.82) is 0 Å². The van der Waals surface area contributed by atoms with E-state index in [4.69, 9.17) is 4.98 Å². The summed E-state index contributed by atoms with van der Waals surface area (Å²) in [6.07, 6.45) is -4.13. The summed E-state index contributed by atoms with van der Waals surface area (Å²) in [6, 6.07) is 35.9. The van der Waals surface area contributed by atoms with E-state index in [1.165, 1.54) is 0 Å². The minimum absolute atomic E-state index is 0.0837. The molecule has 4 rings (SSSR count). The smallest absolute Gasteiger partial charge is 0.353 e. The Bertz CT molecular complexity index is 1170. The van der Waals surface area contributed by atoms with Gasteiger partial charge in [-0.2, -0.15) is 13.2 Å². The monoisotopic (exact) mass is 489 g/mol. The normalized spacial score (nSPS) is 11.6. The van der Waals surface area contributed by atoms with E-state index in [1.54, 1.807) is 0 Å². The summed E-state index contributed by atoms with van der Waals surface area (Å²) < 4.78 is 37.2. The highest BCUT2D eigenvalue weighted by Gasteiger charge is 2.38. The Morgan fingerprint density at radius 2 is 1.19 bits per heavy atom. The Balaban J connectivity index is 1.65. The summed E-state index contributed by atoms with van der Waals surface area (Å²) in [5.41, 5.74) is 3.07. The molecule has 0 fully saturated rings. The molecule has 4 aromatic rings. The molecule has 36 heavy (non-hydrogen) atoms. The molecular formula is C29H26F3N3O. The number of benzene rings is 3. The zero-order valence-corrected chi connectivity index (χ0v) is 19.5. The molecule has 2 N–H and O–H groups in total. The highest BCUT2D eigenvalue weighted by atomic mass is 19.4. The maximum absolute atomic E-state index is 12.4. The van der Waals surface area contributed by atoms with Crippen molar-refractivity contribution < 1.29 is 18.0 Å². The van der Waals surface area contributed by atoms with E-state index >= 15 is 0 Å². The molecule has 1 heterocycles. The average Bonchev–Trinajstić information content (AvgIpc) is 2.91. The minimum Gasteiger partial charge on any atom is -0.353 e. The third-order valence-electron chi connectivity index (χ3n) is 5.90. The number of alkyl halides is 3. The molecule has 0 spiro atoms. The van der Waals surface area contributed by atoms with Gasteiger partial charge in [-0.15, -0.1) is 0 Å². The van der Waals surface area contributed by atoms with Crippen molar-refractivity contribution in [3.8, 4) is 0 Å². The first-order chi connectivity index (χ1) is 17.4. The van der Waals surface area contributed by atoms with Crippen LogP contribution in [0, 0.1) is 0 Å². The van der Waals surface area contributed by atoms with Gasteiger partial charge in [0, 0.05) is 12.2 Å². The number of hydrogen-bond donors (Lipinski definition) is 2. The van der Waals surface area contributed by atoms with E-state index in [0.717, 1.165) is 16.7 Å². The third kappa shape index (κ3) is 5.74. The van der Waals surface area contributed by atoms with Crippen LogP contribution in [-0.2, 0) is 16.8 Å². The molecule has 0 radical (unpaired) electrons. The number of rotatable bonds is 9. The highest BCUT2D eigenvalue weighted by Crippen LogP contribution is 2.39.